The molecule has 0 spiro atoms. The zero-order valence-electron chi connectivity index (χ0n) is 12.9. The minimum atomic E-state index is -0.224. The number of aliphatic hydroxyl groups excluding tert-OH is 1. The summed E-state index contributed by atoms with van der Waals surface area (Å²) >= 11 is 12.4. The van der Waals surface area contributed by atoms with Crippen LogP contribution < -0.4 is 5.32 Å². The van der Waals surface area contributed by atoms with Gasteiger partial charge in [-0.05, 0) is 51.0 Å². The van der Waals surface area contributed by atoms with E-state index in [1.165, 1.54) is 0 Å². The maximum absolute atomic E-state index is 9.21. The van der Waals surface area contributed by atoms with Gasteiger partial charge in [-0.25, -0.2) is 0 Å². The third kappa shape index (κ3) is 5.34. The van der Waals surface area contributed by atoms with Crippen molar-refractivity contribution in [2.24, 2.45) is 4.99 Å². The predicted octanol–water partition coefficient (Wildman–Crippen LogP) is 4.76. The van der Waals surface area contributed by atoms with E-state index >= 15 is 0 Å². The molecule has 0 aliphatic carbocycles. The van der Waals surface area contributed by atoms with Crippen molar-refractivity contribution in [3.05, 3.63) is 39.4 Å². The highest BCUT2D eigenvalue weighted by atomic mass is 35.5. The average molecular weight is 329 g/mol. The Hall–Kier alpha value is -1.03. The van der Waals surface area contributed by atoms with Crippen LogP contribution in [-0.4, -0.2) is 23.6 Å². The molecule has 0 radical (unpaired) electrons. The second-order valence-electron chi connectivity index (χ2n) is 5.04. The topological polar surface area (TPSA) is 44.6 Å². The van der Waals surface area contributed by atoms with Gasteiger partial charge in [-0.3, -0.25) is 4.99 Å². The number of hydrogen-bond donors (Lipinski definition) is 2. The number of hydrogen-bond acceptors (Lipinski definition) is 2. The second kappa shape index (κ2) is 8.42. The first-order chi connectivity index (χ1) is 9.88. The molecule has 0 bridgehead atoms. The smallest absolute Gasteiger partial charge is 0.144 e. The molecule has 0 saturated heterocycles. The van der Waals surface area contributed by atoms with E-state index in [1.807, 2.05) is 45.9 Å². The number of nitrogens with one attached hydrogen (secondary N) is 1. The first kappa shape index (κ1) is 18.0. The van der Waals surface area contributed by atoms with E-state index in [4.69, 9.17) is 23.2 Å². The Bertz CT molecular complexity index is 553. The van der Waals surface area contributed by atoms with Gasteiger partial charge >= 0.3 is 0 Å². The Kier molecular flexibility index (Phi) is 7.23. The second-order valence-corrected chi connectivity index (χ2v) is 5.86. The molecule has 0 amide bonds. The Morgan fingerprint density at radius 2 is 2.10 bits per heavy atom. The lowest BCUT2D eigenvalue weighted by Crippen LogP contribution is -2.19. The van der Waals surface area contributed by atoms with Crippen LogP contribution in [0, 0.1) is 6.92 Å². The molecule has 3 nitrogen and oxygen atoms in total. The highest BCUT2D eigenvalue weighted by Crippen LogP contribution is 2.22. The van der Waals surface area contributed by atoms with Crippen LogP contribution in [0.1, 0.15) is 32.8 Å². The van der Waals surface area contributed by atoms with Crippen LogP contribution in [0.2, 0.25) is 5.02 Å². The molecule has 116 valence electrons. The maximum atomic E-state index is 9.21. The van der Waals surface area contributed by atoms with E-state index in [9.17, 15) is 5.11 Å². The zero-order chi connectivity index (χ0) is 16.0. The van der Waals surface area contributed by atoms with E-state index in [-0.39, 0.29) is 12.6 Å². The van der Waals surface area contributed by atoms with Crippen molar-refractivity contribution in [3.63, 3.8) is 0 Å². The number of aliphatic hydroxyl groups is 1. The molecule has 0 aliphatic rings. The van der Waals surface area contributed by atoms with Crippen LogP contribution in [0.4, 0.5) is 5.69 Å². The fourth-order valence-corrected chi connectivity index (χ4v) is 2.11. The quantitative estimate of drug-likeness (QED) is 0.604. The van der Waals surface area contributed by atoms with Gasteiger partial charge in [0.05, 0.1) is 17.7 Å². The molecule has 1 rings (SSSR count). The Morgan fingerprint density at radius 1 is 1.43 bits per heavy atom. The van der Waals surface area contributed by atoms with Gasteiger partial charge in [0.2, 0.25) is 0 Å². The molecule has 2 N–H and O–H groups in total. The first-order valence-corrected chi connectivity index (χ1v) is 7.72. The van der Waals surface area contributed by atoms with Crippen molar-refractivity contribution in [1.82, 2.24) is 0 Å². The van der Waals surface area contributed by atoms with Gasteiger partial charge in [0, 0.05) is 10.7 Å². The molecular formula is C16H22Cl2N2O. The minimum absolute atomic E-state index is 0.0277. The zero-order valence-corrected chi connectivity index (χ0v) is 14.4. The summed E-state index contributed by atoms with van der Waals surface area (Å²) in [7, 11) is 0. The number of amidine groups is 1. The van der Waals surface area contributed by atoms with Crippen LogP contribution in [-0.2, 0) is 0 Å². The molecule has 0 fully saturated rings. The predicted molar refractivity (Wildman–Crippen MR) is 92.6 cm³/mol. The first-order valence-electron chi connectivity index (χ1n) is 6.96. The summed E-state index contributed by atoms with van der Waals surface area (Å²) in [5, 5.41) is 13.7. The maximum Gasteiger partial charge on any atom is 0.144 e. The molecule has 1 aromatic carbocycles. The van der Waals surface area contributed by atoms with E-state index in [0.29, 0.717) is 15.9 Å². The molecule has 0 saturated carbocycles. The van der Waals surface area contributed by atoms with Gasteiger partial charge in [0.1, 0.15) is 5.84 Å². The Morgan fingerprint density at radius 3 is 2.62 bits per heavy atom. The lowest BCUT2D eigenvalue weighted by molar-refractivity contribution is 0.274. The van der Waals surface area contributed by atoms with Crippen LogP contribution >= 0.6 is 23.2 Å². The third-order valence-electron chi connectivity index (χ3n) is 3.17. The Balaban J connectivity index is 3.17. The number of benzene rings is 1. The van der Waals surface area contributed by atoms with Crippen molar-refractivity contribution < 1.29 is 5.11 Å². The fraction of sp³-hybridized carbons (Fsp3) is 0.438. The molecule has 0 heterocycles. The number of anilines is 1. The van der Waals surface area contributed by atoms with Crippen molar-refractivity contribution in [2.75, 3.05) is 11.9 Å². The Labute approximate surface area is 136 Å². The number of aliphatic imine (C=N–C) groups is 1. The van der Waals surface area contributed by atoms with Crippen LogP contribution in [0.25, 0.3) is 0 Å². The largest absolute Gasteiger partial charge is 0.394 e. The summed E-state index contributed by atoms with van der Waals surface area (Å²) in [6, 6.07) is 5.36. The van der Waals surface area contributed by atoms with E-state index in [1.54, 1.807) is 0 Å². The summed E-state index contributed by atoms with van der Waals surface area (Å²) in [4.78, 5) is 4.46. The normalized spacial score (nSPS) is 14.7. The van der Waals surface area contributed by atoms with E-state index in [2.05, 4.69) is 10.3 Å². The summed E-state index contributed by atoms with van der Waals surface area (Å²) in [6.45, 7) is 7.78. The van der Waals surface area contributed by atoms with Crippen molar-refractivity contribution in [3.8, 4) is 0 Å². The summed E-state index contributed by atoms with van der Waals surface area (Å²) in [6.07, 6.45) is 0.840. The SMILES string of the molecule is CCC(C)=C(Cl)C(=NC(C)CO)Nc1ccc(Cl)cc1C. The van der Waals surface area contributed by atoms with Crippen molar-refractivity contribution in [1.29, 1.82) is 0 Å². The van der Waals surface area contributed by atoms with E-state index < -0.39 is 0 Å². The summed E-state index contributed by atoms with van der Waals surface area (Å²) in [5.74, 6) is 0.572. The number of halogens is 2. The van der Waals surface area contributed by atoms with Gasteiger partial charge < -0.3 is 10.4 Å². The van der Waals surface area contributed by atoms with Crippen LogP contribution in [0.3, 0.4) is 0 Å². The van der Waals surface area contributed by atoms with Crippen molar-refractivity contribution in [2.45, 2.75) is 40.2 Å². The molecule has 1 unspecified atom stereocenters. The van der Waals surface area contributed by atoms with Gasteiger partial charge in [-0.15, -0.1) is 0 Å². The highest BCUT2D eigenvalue weighted by molar-refractivity contribution is 6.45. The monoisotopic (exact) mass is 328 g/mol. The van der Waals surface area contributed by atoms with Gasteiger partial charge in [0.25, 0.3) is 0 Å². The molecule has 0 aliphatic heterocycles. The lowest BCUT2D eigenvalue weighted by Gasteiger charge is -2.15. The molecule has 0 aromatic heterocycles. The standard InChI is InChI=1S/C16H22Cl2N2O/c1-5-10(2)15(18)16(19-12(4)9-21)20-14-7-6-13(17)8-11(14)3/h6-8,12,21H,5,9H2,1-4H3,(H,19,20). The van der Waals surface area contributed by atoms with E-state index in [0.717, 1.165) is 23.2 Å². The summed E-state index contributed by atoms with van der Waals surface area (Å²) < 4.78 is 0. The van der Waals surface area contributed by atoms with Crippen LogP contribution in [0.15, 0.2) is 33.8 Å². The minimum Gasteiger partial charge on any atom is -0.394 e. The molecule has 21 heavy (non-hydrogen) atoms. The highest BCUT2D eigenvalue weighted by Gasteiger charge is 2.11. The molecule has 1 atom stereocenters. The van der Waals surface area contributed by atoms with Gasteiger partial charge in [-0.1, -0.05) is 35.7 Å². The van der Waals surface area contributed by atoms with Gasteiger partial charge in [0.15, 0.2) is 0 Å². The summed E-state index contributed by atoms with van der Waals surface area (Å²) in [5.41, 5.74) is 2.94. The molecular weight excluding hydrogens is 307 g/mol. The lowest BCUT2D eigenvalue weighted by atomic mass is 10.1. The van der Waals surface area contributed by atoms with Crippen molar-refractivity contribution >= 4 is 34.7 Å². The number of aryl methyl sites for hydroxylation is 1. The third-order valence-corrected chi connectivity index (χ3v) is 3.90. The molecule has 5 heteroatoms. The average Bonchev–Trinajstić information content (AvgIpc) is 2.47. The fourth-order valence-electron chi connectivity index (χ4n) is 1.66. The number of allylic oxidation sites excluding steroid dienone is 1. The van der Waals surface area contributed by atoms with Gasteiger partial charge in [-0.2, -0.15) is 0 Å². The van der Waals surface area contributed by atoms with Crippen LogP contribution in [0.5, 0.6) is 0 Å². The number of rotatable bonds is 5. The number of nitrogens with zero attached hydrogens (tertiary/aromatic N) is 1. The molecule has 1 aromatic rings.